The Hall–Kier alpha value is -1.02. The topological polar surface area (TPSA) is 68.7 Å². The van der Waals surface area contributed by atoms with Gasteiger partial charge in [0.25, 0.3) is 0 Å². The molecule has 2 saturated heterocycles. The van der Waals surface area contributed by atoms with E-state index in [0.29, 0.717) is 32.9 Å². The molecule has 0 bridgehead atoms. The number of rotatable bonds is 6. The molecule has 1 spiro atoms. The Balaban J connectivity index is 1.31. The van der Waals surface area contributed by atoms with Gasteiger partial charge < -0.3 is 9.47 Å². The highest BCUT2D eigenvalue weighted by Crippen LogP contribution is 2.44. The van der Waals surface area contributed by atoms with Gasteiger partial charge in [-0.3, -0.25) is 4.98 Å². The average molecular weight is 338 g/mol. The van der Waals surface area contributed by atoms with Crippen LogP contribution in [0.4, 0.5) is 0 Å². The predicted molar refractivity (Wildman–Crippen MR) is 84.2 cm³/mol. The zero-order valence-corrected chi connectivity index (χ0v) is 13.9. The van der Waals surface area contributed by atoms with Crippen LogP contribution in [-0.4, -0.2) is 54.9 Å². The lowest BCUT2D eigenvalue weighted by molar-refractivity contribution is -0.115. The van der Waals surface area contributed by atoms with Crippen molar-refractivity contribution in [2.75, 3.05) is 26.3 Å². The maximum Gasteiger partial charge on any atom is 0.217 e. The van der Waals surface area contributed by atoms with Gasteiger partial charge in [-0.25, -0.2) is 8.42 Å². The second kappa shape index (κ2) is 5.81. The first-order valence-electron chi connectivity index (χ1n) is 8.21. The van der Waals surface area contributed by atoms with Crippen LogP contribution >= 0.6 is 0 Å². The van der Waals surface area contributed by atoms with Gasteiger partial charge in [-0.1, -0.05) is 6.07 Å². The van der Waals surface area contributed by atoms with Crippen molar-refractivity contribution in [2.24, 2.45) is 5.92 Å². The molecule has 1 aliphatic carbocycles. The second-order valence-corrected chi connectivity index (χ2v) is 8.96. The Bertz CT molecular complexity index is 654. The van der Waals surface area contributed by atoms with Gasteiger partial charge in [0.05, 0.1) is 24.2 Å². The highest BCUT2D eigenvalue weighted by atomic mass is 32.2. The first-order valence-corrected chi connectivity index (χ1v) is 9.71. The number of nitrogens with zero attached hydrogens (tertiary/aromatic N) is 2. The lowest BCUT2D eigenvalue weighted by atomic mass is 9.83. The molecule has 2 aliphatic heterocycles. The van der Waals surface area contributed by atoms with Crippen molar-refractivity contribution in [1.82, 2.24) is 9.29 Å². The third-order valence-electron chi connectivity index (χ3n) is 5.09. The summed E-state index contributed by atoms with van der Waals surface area (Å²) in [5, 5.41) is -0.139. The maximum atomic E-state index is 12.3. The molecular weight excluding hydrogens is 316 g/mol. The van der Waals surface area contributed by atoms with Crippen molar-refractivity contribution in [2.45, 2.75) is 36.7 Å². The van der Waals surface area contributed by atoms with Crippen LogP contribution in [0, 0.1) is 5.92 Å². The summed E-state index contributed by atoms with van der Waals surface area (Å²) in [5.41, 5.74) is 0.582. The molecule has 3 fully saturated rings. The monoisotopic (exact) mass is 338 g/mol. The third kappa shape index (κ3) is 2.91. The fourth-order valence-electron chi connectivity index (χ4n) is 3.47. The van der Waals surface area contributed by atoms with E-state index in [1.165, 1.54) is 0 Å². The molecule has 0 radical (unpaired) electrons. The molecule has 1 aromatic heterocycles. The van der Waals surface area contributed by atoms with Gasteiger partial charge in [-0.15, -0.1) is 0 Å². The molecule has 1 atom stereocenters. The van der Waals surface area contributed by atoms with Crippen molar-refractivity contribution in [3.8, 4) is 0 Å². The fourth-order valence-corrected chi connectivity index (χ4v) is 5.42. The van der Waals surface area contributed by atoms with E-state index in [-0.39, 0.29) is 16.8 Å². The third-order valence-corrected chi connectivity index (χ3v) is 7.38. The molecule has 3 aliphatic rings. The number of hydrogen-bond donors (Lipinski definition) is 0. The normalized spacial score (nSPS) is 27.2. The molecular formula is C16H22N2O4S. The summed E-state index contributed by atoms with van der Waals surface area (Å²) in [5.74, 6) is 0.261. The largest absolute Gasteiger partial charge is 0.375 e. The van der Waals surface area contributed by atoms with Crippen molar-refractivity contribution >= 4 is 10.0 Å². The molecule has 1 aromatic rings. The molecule has 0 N–H and O–H groups in total. The van der Waals surface area contributed by atoms with Gasteiger partial charge in [0.1, 0.15) is 5.60 Å². The molecule has 0 aromatic carbocycles. The summed E-state index contributed by atoms with van der Waals surface area (Å²) in [6.45, 7) is 2.74. The van der Waals surface area contributed by atoms with Gasteiger partial charge in [0.15, 0.2) is 0 Å². The summed E-state index contributed by atoms with van der Waals surface area (Å²) in [7, 11) is -3.08. The Morgan fingerprint density at radius 3 is 2.83 bits per heavy atom. The Morgan fingerprint density at radius 1 is 1.30 bits per heavy atom. The molecule has 1 saturated carbocycles. The number of ether oxygens (including phenoxy) is 2. The van der Waals surface area contributed by atoms with Crippen molar-refractivity contribution in [3.05, 3.63) is 30.1 Å². The SMILES string of the molecule is O=S(=O)(C1CC1)N1CC2(C1)OCC[C@H]2COCc1ccccn1. The molecule has 0 unspecified atom stereocenters. The molecule has 4 rings (SSSR count). The van der Waals surface area contributed by atoms with Crippen molar-refractivity contribution in [1.29, 1.82) is 0 Å². The highest BCUT2D eigenvalue weighted by Gasteiger charge is 2.58. The number of sulfonamides is 1. The summed E-state index contributed by atoms with van der Waals surface area (Å²) in [6, 6.07) is 5.76. The van der Waals surface area contributed by atoms with Crippen LogP contribution in [0.1, 0.15) is 25.0 Å². The minimum absolute atomic E-state index is 0.139. The van der Waals surface area contributed by atoms with Gasteiger partial charge >= 0.3 is 0 Å². The van der Waals surface area contributed by atoms with E-state index >= 15 is 0 Å². The summed E-state index contributed by atoms with van der Waals surface area (Å²) in [4.78, 5) is 4.24. The molecule has 3 heterocycles. The van der Waals surface area contributed by atoms with Crippen LogP contribution < -0.4 is 0 Å². The first-order chi connectivity index (χ1) is 11.1. The zero-order chi connectivity index (χ0) is 15.9. The smallest absolute Gasteiger partial charge is 0.217 e. The molecule has 7 heteroatoms. The minimum Gasteiger partial charge on any atom is -0.375 e. The second-order valence-electron chi connectivity index (χ2n) is 6.75. The van der Waals surface area contributed by atoms with E-state index in [9.17, 15) is 8.42 Å². The standard InChI is InChI=1S/C16H22N2O4S/c19-23(20,15-4-5-15)18-11-16(12-18)13(6-8-22-16)9-21-10-14-3-1-2-7-17-14/h1-3,7,13,15H,4-6,8-12H2/t13-/m0/s1. The van der Waals surface area contributed by atoms with Crippen LogP contribution in [0.5, 0.6) is 0 Å². The lowest BCUT2D eigenvalue weighted by Crippen LogP contribution is -2.67. The van der Waals surface area contributed by atoms with Crippen molar-refractivity contribution in [3.63, 3.8) is 0 Å². The summed E-state index contributed by atoms with van der Waals surface area (Å²) >= 11 is 0. The van der Waals surface area contributed by atoms with Crippen LogP contribution in [-0.2, 0) is 26.1 Å². The quantitative estimate of drug-likeness (QED) is 0.779. The van der Waals surface area contributed by atoms with Gasteiger partial charge in [0, 0.05) is 31.8 Å². The number of aromatic nitrogens is 1. The molecule has 23 heavy (non-hydrogen) atoms. The van der Waals surface area contributed by atoms with E-state index in [1.807, 2.05) is 18.2 Å². The Morgan fingerprint density at radius 2 is 2.13 bits per heavy atom. The van der Waals surface area contributed by atoms with E-state index in [0.717, 1.165) is 25.0 Å². The first kappa shape index (κ1) is 15.5. The molecule has 6 nitrogen and oxygen atoms in total. The van der Waals surface area contributed by atoms with Crippen LogP contribution in [0.25, 0.3) is 0 Å². The van der Waals surface area contributed by atoms with E-state index in [1.54, 1.807) is 10.5 Å². The predicted octanol–water partition coefficient (Wildman–Crippen LogP) is 1.18. The Labute approximate surface area is 136 Å². The van der Waals surface area contributed by atoms with Gasteiger partial charge in [0.2, 0.25) is 10.0 Å². The van der Waals surface area contributed by atoms with Crippen molar-refractivity contribution < 1.29 is 17.9 Å². The number of pyridine rings is 1. The van der Waals surface area contributed by atoms with Crippen LogP contribution in [0.3, 0.4) is 0 Å². The Kier molecular flexibility index (Phi) is 3.91. The van der Waals surface area contributed by atoms with E-state index < -0.39 is 10.0 Å². The highest BCUT2D eigenvalue weighted by molar-refractivity contribution is 7.90. The summed E-state index contributed by atoms with van der Waals surface area (Å²) < 4.78 is 37.8. The average Bonchev–Trinajstić information content (AvgIpc) is 3.28. The van der Waals surface area contributed by atoms with E-state index in [2.05, 4.69) is 4.98 Å². The van der Waals surface area contributed by atoms with E-state index in [4.69, 9.17) is 9.47 Å². The molecule has 126 valence electrons. The summed E-state index contributed by atoms with van der Waals surface area (Å²) in [6.07, 6.45) is 4.30. The van der Waals surface area contributed by atoms with Gasteiger partial charge in [-0.05, 0) is 31.4 Å². The number of hydrogen-bond acceptors (Lipinski definition) is 5. The fraction of sp³-hybridized carbons (Fsp3) is 0.688. The van der Waals surface area contributed by atoms with Gasteiger partial charge in [-0.2, -0.15) is 4.31 Å². The lowest BCUT2D eigenvalue weighted by Gasteiger charge is -2.49. The molecule has 0 amide bonds. The zero-order valence-electron chi connectivity index (χ0n) is 13.1. The maximum absolute atomic E-state index is 12.3. The van der Waals surface area contributed by atoms with Crippen LogP contribution in [0.2, 0.25) is 0 Å². The van der Waals surface area contributed by atoms with Crippen LogP contribution in [0.15, 0.2) is 24.4 Å². The minimum atomic E-state index is -3.08.